The molecule has 0 atom stereocenters. The van der Waals surface area contributed by atoms with Crippen LogP contribution < -0.4 is 5.73 Å². The zero-order valence-corrected chi connectivity index (χ0v) is 12.7. The predicted octanol–water partition coefficient (Wildman–Crippen LogP) is 4.86. The highest BCUT2D eigenvalue weighted by molar-refractivity contribution is 6.07. The maximum Gasteiger partial charge on any atom is 0.0626 e. The zero-order chi connectivity index (χ0) is 16.1. The van der Waals surface area contributed by atoms with Gasteiger partial charge in [0.05, 0.1) is 5.71 Å². The van der Waals surface area contributed by atoms with Crippen LogP contribution in [0.2, 0.25) is 0 Å². The molecule has 0 radical (unpaired) electrons. The van der Waals surface area contributed by atoms with E-state index in [1.165, 1.54) is 17.3 Å². The minimum absolute atomic E-state index is 0.411. The molecule has 0 unspecified atom stereocenters. The van der Waals surface area contributed by atoms with Gasteiger partial charge in [-0.3, -0.25) is 0 Å². The van der Waals surface area contributed by atoms with Gasteiger partial charge in [0.2, 0.25) is 0 Å². The second-order valence-corrected chi connectivity index (χ2v) is 5.30. The first-order chi connectivity index (χ1) is 11.3. The van der Waals surface area contributed by atoms with Gasteiger partial charge in [0, 0.05) is 5.56 Å². The summed E-state index contributed by atoms with van der Waals surface area (Å²) in [6.45, 7) is 0. The Morgan fingerprint density at radius 2 is 1.26 bits per heavy atom. The first-order valence-electron chi connectivity index (χ1n) is 7.51. The average molecular weight is 298 g/mol. The normalized spacial score (nSPS) is 10.8. The molecule has 0 aliphatic rings. The van der Waals surface area contributed by atoms with Gasteiger partial charge in [-0.1, -0.05) is 66.7 Å². The third-order valence-corrected chi connectivity index (χ3v) is 3.74. The highest BCUT2D eigenvalue weighted by Gasteiger charge is 2.04. The second-order valence-electron chi connectivity index (χ2n) is 5.30. The maximum atomic E-state index is 8.00. The fourth-order valence-electron chi connectivity index (χ4n) is 2.57. The molecule has 0 saturated carbocycles. The topological polar surface area (TPSA) is 49.9 Å². The zero-order valence-electron chi connectivity index (χ0n) is 12.7. The molecule has 23 heavy (non-hydrogen) atoms. The molecule has 0 aliphatic heterocycles. The number of nitrogens with two attached hydrogens (primary N) is 1. The van der Waals surface area contributed by atoms with Crippen LogP contribution >= 0.6 is 0 Å². The molecular weight excluding hydrogens is 280 g/mol. The Morgan fingerprint density at radius 3 is 1.96 bits per heavy atom. The number of benzene rings is 3. The SMILES string of the molecule is N=C(C=CN)c1cccc(-c2cccc(-c3ccccc3)c2)c1. The lowest BCUT2D eigenvalue weighted by Gasteiger charge is -2.08. The van der Waals surface area contributed by atoms with Crippen molar-refractivity contribution in [1.29, 1.82) is 5.41 Å². The van der Waals surface area contributed by atoms with Gasteiger partial charge in [0.15, 0.2) is 0 Å². The molecule has 3 N–H and O–H groups in total. The van der Waals surface area contributed by atoms with Crippen LogP contribution in [0.1, 0.15) is 5.56 Å². The smallest absolute Gasteiger partial charge is 0.0626 e. The van der Waals surface area contributed by atoms with E-state index in [2.05, 4.69) is 42.5 Å². The predicted molar refractivity (Wildman–Crippen MR) is 97.5 cm³/mol. The number of hydrogen-bond acceptors (Lipinski definition) is 2. The molecule has 3 rings (SSSR count). The molecule has 0 aliphatic carbocycles. The molecule has 3 aromatic carbocycles. The molecule has 0 amide bonds. The van der Waals surface area contributed by atoms with Crippen LogP contribution in [-0.2, 0) is 0 Å². The van der Waals surface area contributed by atoms with E-state index in [4.69, 9.17) is 11.1 Å². The van der Waals surface area contributed by atoms with E-state index in [0.29, 0.717) is 5.71 Å². The molecule has 0 heterocycles. The van der Waals surface area contributed by atoms with Crippen LogP contribution in [0.5, 0.6) is 0 Å². The molecule has 2 nitrogen and oxygen atoms in total. The fraction of sp³-hybridized carbons (Fsp3) is 0. The Morgan fingerprint density at radius 1 is 0.696 bits per heavy atom. The van der Waals surface area contributed by atoms with E-state index in [1.54, 1.807) is 6.08 Å². The van der Waals surface area contributed by atoms with E-state index in [9.17, 15) is 0 Å². The summed E-state index contributed by atoms with van der Waals surface area (Å²) in [5, 5.41) is 8.00. The monoisotopic (exact) mass is 298 g/mol. The molecule has 3 aromatic rings. The first-order valence-corrected chi connectivity index (χ1v) is 7.51. The summed E-state index contributed by atoms with van der Waals surface area (Å²) in [5.74, 6) is 0. The van der Waals surface area contributed by atoms with Gasteiger partial charge in [-0.15, -0.1) is 0 Å². The molecule has 112 valence electrons. The molecule has 0 aromatic heterocycles. The maximum absolute atomic E-state index is 8.00. The standard InChI is InChI=1S/C21H18N2/c22-13-12-21(23)20-11-5-10-19(15-20)18-9-4-8-17(14-18)16-6-2-1-3-7-16/h1-15,23H,22H2. The van der Waals surface area contributed by atoms with Crippen molar-refractivity contribution in [3.63, 3.8) is 0 Å². The Kier molecular flexibility index (Phi) is 4.34. The van der Waals surface area contributed by atoms with Crippen LogP contribution in [-0.4, -0.2) is 5.71 Å². The van der Waals surface area contributed by atoms with Crippen molar-refractivity contribution in [2.45, 2.75) is 0 Å². The molecule has 0 bridgehead atoms. The minimum Gasteiger partial charge on any atom is -0.405 e. The van der Waals surface area contributed by atoms with Crippen molar-refractivity contribution in [2.75, 3.05) is 0 Å². The van der Waals surface area contributed by atoms with Crippen molar-refractivity contribution in [1.82, 2.24) is 0 Å². The van der Waals surface area contributed by atoms with Crippen LogP contribution in [0.4, 0.5) is 0 Å². The highest BCUT2D eigenvalue weighted by Crippen LogP contribution is 2.26. The quantitative estimate of drug-likeness (QED) is 0.664. The lowest BCUT2D eigenvalue weighted by atomic mass is 9.97. The van der Waals surface area contributed by atoms with Crippen molar-refractivity contribution >= 4 is 5.71 Å². The summed E-state index contributed by atoms with van der Waals surface area (Å²) < 4.78 is 0. The number of hydrogen-bond donors (Lipinski definition) is 2. The van der Waals surface area contributed by atoms with E-state index < -0.39 is 0 Å². The van der Waals surface area contributed by atoms with E-state index >= 15 is 0 Å². The fourth-order valence-corrected chi connectivity index (χ4v) is 2.57. The van der Waals surface area contributed by atoms with Gasteiger partial charge in [-0.2, -0.15) is 0 Å². The summed E-state index contributed by atoms with van der Waals surface area (Å²) >= 11 is 0. The lowest BCUT2D eigenvalue weighted by Crippen LogP contribution is -1.96. The number of allylic oxidation sites excluding steroid dienone is 1. The molecule has 0 spiro atoms. The first kappa shape index (κ1) is 14.8. The third-order valence-electron chi connectivity index (χ3n) is 3.74. The summed E-state index contributed by atoms with van der Waals surface area (Å²) in [5.41, 5.74) is 11.3. The summed E-state index contributed by atoms with van der Waals surface area (Å²) in [6.07, 6.45) is 2.99. The van der Waals surface area contributed by atoms with E-state index in [-0.39, 0.29) is 0 Å². The largest absolute Gasteiger partial charge is 0.405 e. The third kappa shape index (κ3) is 3.38. The second kappa shape index (κ2) is 6.75. The summed E-state index contributed by atoms with van der Waals surface area (Å²) in [7, 11) is 0. The number of rotatable bonds is 4. The molecular formula is C21H18N2. The number of nitrogens with one attached hydrogen (secondary N) is 1. The van der Waals surface area contributed by atoms with Crippen molar-refractivity contribution in [3.05, 3.63) is 96.7 Å². The average Bonchev–Trinajstić information content (AvgIpc) is 2.63. The van der Waals surface area contributed by atoms with Crippen LogP contribution in [0.3, 0.4) is 0 Å². The van der Waals surface area contributed by atoms with Crippen LogP contribution in [0.15, 0.2) is 91.1 Å². The summed E-state index contributed by atoms with van der Waals surface area (Å²) in [4.78, 5) is 0. The Bertz CT molecular complexity index is 848. The minimum atomic E-state index is 0.411. The van der Waals surface area contributed by atoms with Gasteiger partial charge in [-0.05, 0) is 46.7 Å². The Labute approximate surface area is 136 Å². The van der Waals surface area contributed by atoms with Gasteiger partial charge in [0.1, 0.15) is 0 Å². The van der Waals surface area contributed by atoms with Crippen molar-refractivity contribution in [2.24, 2.45) is 5.73 Å². The lowest BCUT2D eigenvalue weighted by molar-refractivity contribution is 1.48. The summed E-state index contributed by atoms with van der Waals surface area (Å²) in [6, 6.07) is 26.8. The van der Waals surface area contributed by atoms with E-state index in [1.807, 2.05) is 36.4 Å². The van der Waals surface area contributed by atoms with Gasteiger partial charge in [0.25, 0.3) is 0 Å². The van der Waals surface area contributed by atoms with Crippen molar-refractivity contribution < 1.29 is 0 Å². The Balaban J connectivity index is 2.00. The van der Waals surface area contributed by atoms with Crippen LogP contribution in [0.25, 0.3) is 22.3 Å². The van der Waals surface area contributed by atoms with Crippen molar-refractivity contribution in [3.8, 4) is 22.3 Å². The highest BCUT2D eigenvalue weighted by atomic mass is 14.5. The molecule has 0 fully saturated rings. The van der Waals surface area contributed by atoms with Gasteiger partial charge in [-0.25, -0.2) is 0 Å². The van der Waals surface area contributed by atoms with Gasteiger partial charge < -0.3 is 11.1 Å². The molecule has 2 heteroatoms. The van der Waals surface area contributed by atoms with E-state index in [0.717, 1.165) is 16.7 Å². The van der Waals surface area contributed by atoms with Gasteiger partial charge >= 0.3 is 0 Å². The van der Waals surface area contributed by atoms with Crippen LogP contribution in [0, 0.1) is 5.41 Å². The Hall–Kier alpha value is -3.13. The molecule has 0 saturated heterocycles.